The van der Waals surface area contributed by atoms with Gasteiger partial charge in [0, 0.05) is 22.7 Å². The molecule has 8 nitrogen and oxygen atoms in total. The van der Waals surface area contributed by atoms with Gasteiger partial charge in [-0.05, 0) is 44.2 Å². The molecule has 0 saturated heterocycles. The van der Waals surface area contributed by atoms with E-state index in [1.54, 1.807) is 56.3 Å². The lowest BCUT2D eigenvalue weighted by atomic mass is 9.93. The van der Waals surface area contributed by atoms with Crippen molar-refractivity contribution < 1.29 is 24.2 Å². The number of aromatic nitrogens is 2. The van der Waals surface area contributed by atoms with E-state index in [9.17, 15) is 19.8 Å². The molecule has 1 aliphatic rings. The summed E-state index contributed by atoms with van der Waals surface area (Å²) in [5.41, 5.74) is -0.607. The van der Waals surface area contributed by atoms with Crippen molar-refractivity contribution >= 4 is 46.3 Å². The van der Waals surface area contributed by atoms with E-state index in [0.29, 0.717) is 11.0 Å². The normalized spacial score (nSPS) is 17.3. The number of nitrogens with zero attached hydrogens (tertiary/aromatic N) is 3. The molecule has 178 valence electrons. The number of hydrogen-bond acceptors (Lipinski definition) is 4. The first-order chi connectivity index (χ1) is 16.6. The average Bonchev–Trinajstić information content (AvgIpc) is 3.32. The van der Waals surface area contributed by atoms with E-state index in [4.69, 9.17) is 11.6 Å². The molecule has 0 saturated carbocycles. The number of nitrogens with one attached hydrogen (secondary N) is 1. The summed E-state index contributed by atoms with van der Waals surface area (Å²) in [6, 6.07) is 15.1. The molecule has 1 aromatic heterocycles. The van der Waals surface area contributed by atoms with Crippen LogP contribution >= 0.6 is 11.6 Å². The lowest BCUT2D eigenvalue weighted by Gasteiger charge is -2.35. The van der Waals surface area contributed by atoms with Crippen LogP contribution in [0.2, 0.25) is 5.02 Å². The topological polar surface area (TPSA) is 110 Å². The van der Waals surface area contributed by atoms with Gasteiger partial charge in [-0.25, -0.2) is 19.1 Å². The molecule has 4 aromatic rings. The summed E-state index contributed by atoms with van der Waals surface area (Å²) in [6.45, 7) is 3.43. The molecule has 10 heteroatoms. The average molecular weight is 495 g/mol. The van der Waals surface area contributed by atoms with Crippen molar-refractivity contribution in [2.24, 2.45) is 0 Å². The fraction of sp³-hybridized carbons (Fsp3) is 0.160. The Hall–Kier alpha value is -3.95. The Morgan fingerprint density at radius 3 is 2.63 bits per heavy atom. The van der Waals surface area contributed by atoms with Crippen molar-refractivity contribution in [3.05, 3.63) is 88.2 Å². The molecule has 2 amide bonds. The number of halogens is 2. The van der Waals surface area contributed by atoms with Gasteiger partial charge >= 0.3 is 6.09 Å². The highest BCUT2D eigenvalue weighted by molar-refractivity contribution is 6.31. The summed E-state index contributed by atoms with van der Waals surface area (Å²) >= 11 is 5.99. The van der Waals surface area contributed by atoms with Gasteiger partial charge in [0.05, 0.1) is 21.7 Å². The molecule has 35 heavy (non-hydrogen) atoms. The predicted octanol–water partition coefficient (Wildman–Crippen LogP) is 5.10. The minimum absolute atomic E-state index is 0.118. The molecule has 0 aliphatic carbocycles. The molecule has 0 fully saturated rings. The summed E-state index contributed by atoms with van der Waals surface area (Å²) < 4.78 is 15.1. The lowest BCUT2D eigenvalue weighted by Crippen LogP contribution is -2.45. The quantitative estimate of drug-likeness (QED) is 0.365. The summed E-state index contributed by atoms with van der Waals surface area (Å²) in [4.78, 5) is 34.5. The number of carboxylic acid groups (broad SMARTS) is 1. The predicted molar refractivity (Wildman–Crippen MR) is 129 cm³/mol. The molecular weight excluding hydrogens is 475 g/mol. The van der Waals surface area contributed by atoms with E-state index in [-0.39, 0.29) is 39.4 Å². The molecule has 2 heterocycles. The number of rotatable bonds is 4. The lowest BCUT2D eigenvalue weighted by molar-refractivity contribution is 0.0699. The van der Waals surface area contributed by atoms with Crippen LogP contribution in [0.4, 0.5) is 20.8 Å². The number of hydrogen-bond donors (Lipinski definition) is 3. The third kappa shape index (κ3) is 3.35. The second-order valence-electron chi connectivity index (χ2n) is 8.47. The third-order valence-electron chi connectivity index (χ3n) is 6.05. The molecule has 1 unspecified atom stereocenters. The maximum atomic E-state index is 15.1. The number of amides is 2. The Bertz CT molecular complexity index is 1500. The van der Waals surface area contributed by atoms with E-state index in [1.165, 1.54) is 18.2 Å². The zero-order valence-electron chi connectivity index (χ0n) is 18.7. The van der Waals surface area contributed by atoms with E-state index in [0.717, 1.165) is 9.80 Å². The van der Waals surface area contributed by atoms with Crippen LogP contribution in [0, 0.1) is 5.82 Å². The van der Waals surface area contributed by atoms with Crippen LogP contribution in [-0.4, -0.2) is 38.2 Å². The zero-order chi connectivity index (χ0) is 25.1. The first kappa shape index (κ1) is 22.8. The Kier molecular flexibility index (Phi) is 5.26. The van der Waals surface area contributed by atoms with Gasteiger partial charge in [0.1, 0.15) is 0 Å². The highest BCUT2D eigenvalue weighted by Crippen LogP contribution is 2.46. The van der Waals surface area contributed by atoms with Gasteiger partial charge in [0.15, 0.2) is 11.5 Å². The largest absolute Gasteiger partial charge is 0.465 e. The monoisotopic (exact) mass is 494 g/mol. The molecule has 3 aromatic carbocycles. The van der Waals surface area contributed by atoms with E-state index >= 15 is 4.39 Å². The molecule has 0 spiro atoms. The fourth-order valence-corrected chi connectivity index (χ4v) is 4.65. The second-order valence-corrected chi connectivity index (χ2v) is 8.88. The maximum Gasteiger partial charge on any atom is 0.414 e. The molecule has 3 N–H and O–H groups in total. The SMILES string of the molecule is CC(C)N(C(=O)O)c1nc2ccc(C3(O)c4ccccc4C(=O)N3c3cccc(Cl)c3F)cc2[nH]1. The number of aliphatic hydroxyl groups is 1. The summed E-state index contributed by atoms with van der Waals surface area (Å²) in [6.07, 6.45) is -1.17. The number of aromatic amines is 1. The highest BCUT2D eigenvalue weighted by atomic mass is 35.5. The van der Waals surface area contributed by atoms with E-state index < -0.39 is 23.5 Å². The first-order valence-electron chi connectivity index (χ1n) is 10.8. The van der Waals surface area contributed by atoms with Crippen molar-refractivity contribution in [3.63, 3.8) is 0 Å². The summed E-state index contributed by atoms with van der Waals surface area (Å²) in [5.74, 6) is -1.31. The van der Waals surface area contributed by atoms with Crippen LogP contribution in [0.15, 0.2) is 60.7 Å². The number of anilines is 2. The molecule has 0 radical (unpaired) electrons. The van der Waals surface area contributed by atoms with Gasteiger partial charge in [-0.1, -0.05) is 41.9 Å². The van der Waals surface area contributed by atoms with Gasteiger partial charge in [-0.3, -0.25) is 9.69 Å². The minimum Gasteiger partial charge on any atom is -0.465 e. The summed E-state index contributed by atoms with van der Waals surface area (Å²) in [7, 11) is 0. The Morgan fingerprint density at radius 1 is 1.17 bits per heavy atom. The summed E-state index contributed by atoms with van der Waals surface area (Å²) in [5, 5.41) is 21.5. The Labute approximate surface area is 204 Å². The van der Waals surface area contributed by atoms with Gasteiger partial charge in [0.2, 0.25) is 5.95 Å². The Morgan fingerprint density at radius 2 is 1.91 bits per heavy atom. The van der Waals surface area contributed by atoms with Gasteiger partial charge < -0.3 is 15.2 Å². The van der Waals surface area contributed by atoms with Crippen LogP contribution in [0.5, 0.6) is 0 Å². The number of H-pyrrole nitrogens is 1. The van der Waals surface area contributed by atoms with Crippen molar-refractivity contribution in [3.8, 4) is 0 Å². The smallest absolute Gasteiger partial charge is 0.414 e. The standard InChI is InChI=1S/C25H20ClFN4O4/c1-13(2)30(24(33)34)23-28-18-11-10-14(12-19(18)29-23)25(35)16-7-4-3-6-15(16)22(32)31(25)20-9-5-8-17(26)21(20)27/h3-13,35H,1-2H3,(H,28,29)(H,33,34). The fourth-order valence-electron chi connectivity index (χ4n) is 4.48. The van der Waals surface area contributed by atoms with Crippen LogP contribution in [0.3, 0.4) is 0 Å². The van der Waals surface area contributed by atoms with Crippen LogP contribution in [0.25, 0.3) is 11.0 Å². The third-order valence-corrected chi connectivity index (χ3v) is 6.35. The maximum absolute atomic E-state index is 15.1. The van der Waals surface area contributed by atoms with E-state index in [1.807, 2.05) is 0 Å². The van der Waals surface area contributed by atoms with Crippen LogP contribution in [-0.2, 0) is 5.72 Å². The minimum atomic E-state index is -2.07. The number of carbonyl (C=O) groups excluding carboxylic acids is 1. The molecule has 0 bridgehead atoms. The molecule has 1 aliphatic heterocycles. The molecular formula is C25H20ClFN4O4. The highest BCUT2D eigenvalue weighted by Gasteiger charge is 2.51. The zero-order valence-corrected chi connectivity index (χ0v) is 19.4. The van der Waals surface area contributed by atoms with Crippen molar-refractivity contribution in [2.45, 2.75) is 25.6 Å². The van der Waals surface area contributed by atoms with Gasteiger partial charge in [0.25, 0.3) is 5.91 Å². The molecule has 1 atom stereocenters. The van der Waals surface area contributed by atoms with Crippen LogP contribution < -0.4 is 9.80 Å². The number of carbonyl (C=O) groups is 2. The Balaban J connectivity index is 1.72. The van der Waals surface area contributed by atoms with Crippen molar-refractivity contribution in [1.29, 1.82) is 0 Å². The molecule has 5 rings (SSSR count). The van der Waals surface area contributed by atoms with Crippen LogP contribution in [0.1, 0.15) is 35.3 Å². The number of imidazole rings is 1. The first-order valence-corrected chi connectivity index (χ1v) is 11.1. The van der Waals surface area contributed by atoms with Crippen molar-refractivity contribution in [2.75, 3.05) is 9.80 Å². The van der Waals surface area contributed by atoms with Gasteiger partial charge in [-0.15, -0.1) is 0 Å². The van der Waals surface area contributed by atoms with Crippen molar-refractivity contribution in [1.82, 2.24) is 9.97 Å². The number of benzene rings is 3. The van der Waals surface area contributed by atoms with E-state index in [2.05, 4.69) is 9.97 Å². The van der Waals surface area contributed by atoms with Gasteiger partial charge in [-0.2, -0.15) is 0 Å². The number of fused-ring (bicyclic) bond motifs is 2. The second kappa shape index (κ2) is 8.07.